The fourth-order valence-corrected chi connectivity index (χ4v) is 1.60. The maximum Gasteiger partial charge on any atom is 0.316 e. The highest BCUT2D eigenvalue weighted by atomic mass is 32.2. The fraction of sp³-hybridized carbons (Fsp3) is 0.444. The summed E-state index contributed by atoms with van der Waals surface area (Å²) in [5, 5.41) is 0.778. The van der Waals surface area contributed by atoms with Gasteiger partial charge in [-0.15, -0.1) is 0 Å². The van der Waals surface area contributed by atoms with Crippen LogP contribution in [0.5, 0.6) is 0 Å². The van der Waals surface area contributed by atoms with E-state index in [4.69, 9.17) is 4.74 Å². The molecule has 1 heterocycles. The molecule has 14 heavy (non-hydrogen) atoms. The third-order valence-corrected chi connectivity index (χ3v) is 2.52. The van der Waals surface area contributed by atoms with Crippen molar-refractivity contribution in [1.82, 2.24) is 9.97 Å². The lowest BCUT2D eigenvalue weighted by Gasteiger charge is -2.02. The lowest BCUT2D eigenvalue weighted by Crippen LogP contribution is -2.07. The van der Waals surface area contributed by atoms with Gasteiger partial charge in [0, 0.05) is 12.4 Å². The van der Waals surface area contributed by atoms with Crippen LogP contribution >= 0.6 is 11.8 Å². The van der Waals surface area contributed by atoms with E-state index in [0.29, 0.717) is 6.61 Å². The molecular weight excluding hydrogens is 200 g/mol. The molecule has 0 atom stereocenters. The zero-order valence-corrected chi connectivity index (χ0v) is 9.00. The zero-order chi connectivity index (χ0) is 10.4. The van der Waals surface area contributed by atoms with Crippen LogP contribution in [0.25, 0.3) is 0 Å². The number of aryl methyl sites for hydroxylation is 1. The van der Waals surface area contributed by atoms with Gasteiger partial charge in [0.05, 0.1) is 18.1 Å². The Bertz CT molecular complexity index is 317. The normalized spacial score (nSPS) is 9.86. The average Bonchev–Trinajstić information content (AvgIpc) is 2.17. The average molecular weight is 212 g/mol. The molecule has 5 heteroatoms. The van der Waals surface area contributed by atoms with Crippen molar-refractivity contribution in [2.75, 3.05) is 12.4 Å². The van der Waals surface area contributed by atoms with Crippen LogP contribution in [0.2, 0.25) is 0 Å². The molecule has 0 saturated carbocycles. The van der Waals surface area contributed by atoms with E-state index in [1.807, 2.05) is 6.92 Å². The summed E-state index contributed by atoms with van der Waals surface area (Å²) < 4.78 is 4.80. The predicted octanol–water partition coefficient (Wildman–Crippen LogP) is 1.44. The first-order valence-electron chi connectivity index (χ1n) is 4.30. The van der Waals surface area contributed by atoms with E-state index in [0.717, 1.165) is 10.7 Å². The van der Waals surface area contributed by atoms with Crippen molar-refractivity contribution < 1.29 is 9.53 Å². The first kappa shape index (κ1) is 11.0. The van der Waals surface area contributed by atoms with Crippen molar-refractivity contribution in [3.63, 3.8) is 0 Å². The third kappa shape index (κ3) is 3.33. The van der Waals surface area contributed by atoms with Gasteiger partial charge >= 0.3 is 5.97 Å². The molecule has 0 aliphatic rings. The fourth-order valence-electron chi connectivity index (χ4n) is 0.866. The molecule has 0 unspecified atom stereocenters. The first-order chi connectivity index (χ1) is 6.74. The van der Waals surface area contributed by atoms with Gasteiger partial charge < -0.3 is 4.74 Å². The van der Waals surface area contributed by atoms with Crippen LogP contribution in [-0.4, -0.2) is 28.3 Å². The Morgan fingerprint density at radius 2 is 2.21 bits per heavy atom. The molecule has 0 bridgehead atoms. The van der Waals surface area contributed by atoms with Crippen LogP contribution in [0.4, 0.5) is 0 Å². The Balaban J connectivity index is 2.46. The zero-order valence-electron chi connectivity index (χ0n) is 8.19. The number of hydrogen-bond donors (Lipinski definition) is 0. The molecule has 4 nitrogen and oxygen atoms in total. The maximum atomic E-state index is 11.0. The molecule has 0 aliphatic heterocycles. The maximum absolute atomic E-state index is 11.0. The molecule has 1 aromatic heterocycles. The predicted molar refractivity (Wildman–Crippen MR) is 54.1 cm³/mol. The van der Waals surface area contributed by atoms with Crippen LogP contribution < -0.4 is 0 Å². The smallest absolute Gasteiger partial charge is 0.316 e. The van der Waals surface area contributed by atoms with E-state index < -0.39 is 0 Å². The van der Waals surface area contributed by atoms with E-state index in [9.17, 15) is 4.79 Å². The lowest BCUT2D eigenvalue weighted by atomic mass is 10.5. The van der Waals surface area contributed by atoms with Gasteiger partial charge in [-0.2, -0.15) is 0 Å². The second-order valence-electron chi connectivity index (χ2n) is 2.54. The highest BCUT2D eigenvalue weighted by Gasteiger charge is 2.06. The van der Waals surface area contributed by atoms with Crippen LogP contribution in [0.3, 0.4) is 0 Å². The van der Waals surface area contributed by atoms with Crippen molar-refractivity contribution in [2.24, 2.45) is 0 Å². The molecule has 0 amide bonds. The largest absolute Gasteiger partial charge is 0.465 e. The summed E-state index contributed by atoms with van der Waals surface area (Å²) in [6.07, 6.45) is 3.24. The van der Waals surface area contributed by atoms with Crippen molar-refractivity contribution in [1.29, 1.82) is 0 Å². The van der Waals surface area contributed by atoms with Gasteiger partial charge in [0.25, 0.3) is 0 Å². The van der Waals surface area contributed by atoms with Crippen LogP contribution in [0.1, 0.15) is 12.6 Å². The second kappa shape index (κ2) is 5.59. The third-order valence-electron chi connectivity index (χ3n) is 1.47. The molecule has 0 fully saturated rings. The summed E-state index contributed by atoms with van der Waals surface area (Å²) in [5.74, 6) is 0.0652. The van der Waals surface area contributed by atoms with E-state index in [1.165, 1.54) is 11.8 Å². The highest BCUT2D eigenvalue weighted by Crippen LogP contribution is 2.16. The SMILES string of the molecule is CCOC(=O)CSc1nccnc1C. The summed E-state index contributed by atoms with van der Waals surface area (Å²) in [5.41, 5.74) is 0.835. The molecule has 1 aromatic rings. The molecule has 1 rings (SSSR count). The van der Waals surface area contributed by atoms with E-state index in [-0.39, 0.29) is 11.7 Å². The molecule has 76 valence electrons. The van der Waals surface area contributed by atoms with Gasteiger partial charge in [-0.1, -0.05) is 11.8 Å². The Morgan fingerprint density at radius 1 is 1.50 bits per heavy atom. The number of nitrogens with zero attached hydrogens (tertiary/aromatic N) is 2. The minimum absolute atomic E-state index is 0.220. The number of esters is 1. The second-order valence-corrected chi connectivity index (χ2v) is 3.50. The summed E-state index contributed by atoms with van der Waals surface area (Å²) >= 11 is 1.35. The van der Waals surface area contributed by atoms with Crippen molar-refractivity contribution in [3.8, 4) is 0 Å². The van der Waals surface area contributed by atoms with E-state index in [1.54, 1.807) is 19.3 Å². The van der Waals surface area contributed by atoms with E-state index >= 15 is 0 Å². The number of carbonyl (C=O) groups excluding carboxylic acids is 1. The van der Waals surface area contributed by atoms with Crippen molar-refractivity contribution in [2.45, 2.75) is 18.9 Å². The topological polar surface area (TPSA) is 52.1 Å². The van der Waals surface area contributed by atoms with Gasteiger partial charge in [-0.25, -0.2) is 4.98 Å². The molecule has 0 aromatic carbocycles. The number of hydrogen-bond acceptors (Lipinski definition) is 5. The molecule has 0 aliphatic carbocycles. The quantitative estimate of drug-likeness (QED) is 0.558. The lowest BCUT2D eigenvalue weighted by molar-refractivity contribution is -0.139. The Labute approximate surface area is 87.1 Å². The highest BCUT2D eigenvalue weighted by molar-refractivity contribution is 7.99. The van der Waals surface area contributed by atoms with Gasteiger partial charge in [0.2, 0.25) is 0 Å². The summed E-state index contributed by atoms with van der Waals surface area (Å²) in [6, 6.07) is 0. The van der Waals surface area contributed by atoms with Gasteiger partial charge in [0.1, 0.15) is 5.03 Å². The van der Waals surface area contributed by atoms with Crippen LogP contribution in [0.15, 0.2) is 17.4 Å². The van der Waals surface area contributed by atoms with Crippen LogP contribution in [-0.2, 0) is 9.53 Å². The van der Waals surface area contributed by atoms with Crippen molar-refractivity contribution >= 4 is 17.7 Å². The van der Waals surface area contributed by atoms with Gasteiger partial charge in [-0.05, 0) is 13.8 Å². The Kier molecular flexibility index (Phi) is 4.39. The molecule has 0 N–H and O–H groups in total. The Hall–Kier alpha value is -1.10. The van der Waals surface area contributed by atoms with Gasteiger partial charge in [-0.3, -0.25) is 9.78 Å². The number of carbonyl (C=O) groups is 1. The van der Waals surface area contributed by atoms with Gasteiger partial charge in [0.15, 0.2) is 0 Å². The minimum atomic E-state index is -0.220. The molecule has 0 saturated heterocycles. The molecular formula is C9H12N2O2S. The Morgan fingerprint density at radius 3 is 2.86 bits per heavy atom. The number of ether oxygens (including phenoxy) is 1. The molecule has 0 spiro atoms. The van der Waals surface area contributed by atoms with E-state index in [2.05, 4.69) is 9.97 Å². The summed E-state index contributed by atoms with van der Waals surface area (Å²) in [4.78, 5) is 19.2. The monoisotopic (exact) mass is 212 g/mol. The van der Waals surface area contributed by atoms with Crippen LogP contribution in [0, 0.1) is 6.92 Å². The van der Waals surface area contributed by atoms with Crippen molar-refractivity contribution in [3.05, 3.63) is 18.1 Å². The minimum Gasteiger partial charge on any atom is -0.465 e. The number of aromatic nitrogens is 2. The number of rotatable bonds is 4. The molecule has 0 radical (unpaired) electrons. The summed E-state index contributed by atoms with van der Waals surface area (Å²) in [7, 11) is 0. The number of thioether (sulfide) groups is 1. The standard InChI is InChI=1S/C9H12N2O2S/c1-3-13-8(12)6-14-9-7(2)10-4-5-11-9/h4-5H,3,6H2,1-2H3. The first-order valence-corrected chi connectivity index (χ1v) is 5.28. The summed E-state index contributed by atoms with van der Waals surface area (Å²) in [6.45, 7) is 4.06.